The van der Waals surface area contributed by atoms with E-state index in [4.69, 9.17) is 4.52 Å². The molecule has 1 aromatic carbocycles. The molecule has 0 radical (unpaired) electrons. The van der Waals surface area contributed by atoms with Gasteiger partial charge < -0.3 is 9.42 Å². The van der Waals surface area contributed by atoms with Crippen molar-refractivity contribution in [1.29, 1.82) is 0 Å². The molecule has 2 aromatic rings. The summed E-state index contributed by atoms with van der Waals surface area (Å²) in [4.78, 5) is 40.9. The van der Waals surface area contributed by atoms with Crippen LogP contribution < -0.4 is 0 Å². The zero-order chi connectivity index (χ0) is 19.3. The highest BCUT2D eigenvalue weighted by atomic mass is 16.5. The topological polar surface area (TPSA) is 83.7 Å². The molecule has 4 rings (SSSR count). The predicted molar refractivity (Wildman–Crippen MR) is 96.3 cm³/mol. The third-order valence-electron chi connectivity index (χ3n) is 5.08. The smallest absolute Gasteiger partial charge is 0.261 e. The second-order valence-corrected chi connectivity index (χ2v) is 7.52. The molecule has 7 nitrogen and oxygen atoms in total. The third-order valence-corrected chi connectivity index (χ3v) is 5.08. The number of nitrogens with zero attached hydrogens (tertiary/aromatic N) is 3. The number of fused-ring (bicyclic) bond motifs is 2. The fraction of sp³-hybridized carbons (Fsp3) is 0.400. The first-order valence-electron chi connectivity index (χ1n) is 9.10. The number of amides is 3. The average Bonchev–Trinajstić information content (AvgIpc) is 3.13. The van der Waals surface area contributed by atoms with Crippen LogP contribution in [0.5, 0.6) is 0 Å². The van der Waals surface area contributed by atoms with Gasteiger partial charge in [-0.15, -0.1) is 0 Å². The molecule has 27 heavy (non-hydrogen) atoms. The Morgan fingerprint density at radius 3 is 2.70 bits per heavy atom. The number of imide groups is 1. The quantitative estimate of drug-likeness (QED) is 0.778. The number of hydrogen-bond donors (Lipinski definition) is 0. The zero-order valence-corrected chi connectivity index (χ0v) is 15.6. The first-order chi connectivity index (χ1) is 12.9. The lowest BCUT2D eigenvalue weighted by atomic mass is 10.0. The monoisotopic (exact) mass is 367 g/mol. The van der Waals surface area contributed by atoms with E-state index in [9.17, 15) is 14.4 Å². The van der Waals surface area contributed by atoms with Crippen LogP contribution in [0, 0.1) is 12.8 Å². The molecule has 0 unspecified atom stereocenters. The molecule has 0 N–H and O–H groups in total. The number of aromatic nitrogens is 1. The van der Waals surface area contributed by atoms with Crippen LogP contribution in [0.2, 0.25) is 0 Å². The van der Waals surface area contributed by atoms with Gasteiger partial charge in [-0.25, -0.2) is 0 Å². The number of aryl methyl sites for hydroxylation is 1. The van der Waals surface area contributed by atoms with Crippen molar-refractivity contribution >= 4 is 17.7 Å². The van der Waals surface area contributed by atoms with Crippen LogP contribution in [-0.2, 0) is 13.0 Å². The number of carbonyl (C=O) groups is 3. The fourth-order valence-corrected chi connectivity index (χ4v) is 3.69. The van der Waals surface area contributed by atoms with Crippen LogP contribution >= 0.6 is 0 Å². The van der Waals surface area contributed by atoms with Crippen molar-refractivity contribution in [3.05, 3.63) is 51.9 Å². The maximum absolute atomic E-state index is 12.9. The van der Waals surface area contributed by atoms with Gasteiger partial charge >= 0.3 is 0 Å². The van der Waals surface area contributed by atoms with E-state index in [0.29, 0.717) is 48.5 Å². The molecule has 0 aliphatic carbocycles. The van der Waals surface area contributed by atoms with E-state index >= 15 is 0 Å². The normalized spacial score (nSPS) is 16.1. The molecule has 0 saturated carbocycles. The van der Waals surface area contributed by atoms with Crippen molar-refractivity contribution in [3.63, 3.8) is 0 Å². The van der Waals surface area contributed by atoms with E-state index in [1.807, 2.05) is 20.8 Å². The second kappa shape index (κ2) is 6.33. The van der Waals surface area contributed by atoms with E-state index in [-0.39, 0.29) is 23.6 Å². The fourth-order valence-electron chi connectivity index (χ4n) is 3.69. The van der Waals surface area contributed by atoms with Crippen LogP contribution in [0.25, 0.3) is 0 Å². The van der Waals surface area contributed by atoms with Gasteiger partial charge in [0.1, 0.15) is 0 Å². The summed E-state index contributed by atoms with van der Waals surface area (Å²) in [7, 11) is 0. The highest BCUT2D eigenvalue weighted by Crippen LogP contribution is 2.27. The minimum Gasteiger partial charge on any atom is -0.359 e. The van der Waals surface area contributed by atoms with Crippen molar-refractivity contribution < 1.29 is 18.9 Å². The molecular formula is C20H21N3O4. The lowest BCUT2D eigenvalue weighted by Crippen LogP contribution is -2.35. The van der Waals surface area contributed by atoms with Gasteiger partial charge in [-0.2, -0.15) is 0 Å². The standard InChI is InChI=1S/C20H21N3O4/c1-11(2)9-23-19(25)15-5-4-13(8-16(15)20(23)26)18(24)22-7-6-14-12(3)21-27-17(14)10-22/h4-5,8,11H,6-7,9-10H2,1-3H3. The van der Waals surface area contributed by atoms with Crippen LogP contribution in [-0.4, -0.2) is 45.8 Å². The predicted octanol–water partition coefficient (Wildman–Crippen LogP) is 2.43. The van der Waals surface area contributed by atoms with E-state index < -0.39 is 0 Å². The Morgan fingerprint density at radius 1 is 1.22 bits per heavy atom. The third kappa shape index (κ3) is 2.83. The molecule has 2 aliphatic rings. The van der Waals surface area contributed by atoms with Gasteiger partial charge in [-0.3, -0.25) is 19.3 Å². The highest BCUT2D eigenvalue weighted by molar-refractivity contribution is 6.22. The number of hydrogen-bond acceptors (Lipinski definition) is 5. The van der Waals surface area contributed by atoms with Gasteiger partial charge in [-0.05, 0) is 37.5 Å². The van der Waals surface area contributed by atoms with Crippen molar-refractivity contribution in [3.8, 4) is 0 Å². The number of carbonyl (C=O) groups excluding carboxylic acids is 3. The minimum atomic E-state index is -0.329. The van der Waals surface area contributed by atoms with E-state index in [1.165, 1.54) is 4.90 Å². The number of benzene rings is 1. The summed E-state index contributed by atoms with van der Waals surface area (Å²) in [5.74, 6) is 0.0940. The van der Waals surface area contributed by atoms with Gasteiger partial charge in [0.2, 0.25) is 0 Å². The molecule has 0 spiro atoms. The van der Waals surface area contributed by atoms with Gasteiger partial charge in [0.25, 0.3) is 17.7 Å². The lowest BCUT2D eigenvalue weighted by Gasteiger charge is -2.25. The summed E-state index contributed by atoms with van der Waals surface area (Å²) < 4.78 is 5.31. The van der Waals surface area contributed by atoms with Gasteiger partial charge in [0.15, 0.2) is 5.76 Å². The first kappa shape index (κ1) is 17.5. The Morgan fingerprint density at radius 2 is 1.96 bits per heavy atom. The van der Waals surface area contributed by atoms with E-state index in [1.54, 1.807) is 23.1 Å². The van der Waals surface area contributed by atoms with Crippen LogP contribution in [0.3, 0.4) is 0 Å². The maximum Gasteiger partial charge on any atom is 0.261 e. The van der Waals surface area contributed by atoms with E-state index in [0.717, 1.165) is 11.3 Å². The second-order valence-electron chi connectivity index (χ2n) is 7.52. The molecule has 3 amide bonds. The Balaban J connectivity index is 1.58. The van der Waals surface area contributed by atoms with Crippen LogP contribution in [0.4, 0.5) is 0 Å². The van der Waals surface area contributed by atoms with Crippen molar-refractivity contribution in [2.24, 2.45) is 5.92 Å². The molecule has 2 aliphatic heterocycles. The summed E-state index contributed by atoms with van der Waals surface area (Å²) in [6, 6.07) is 4.74. The molecule has 0 atom stereocenters. The van der Waals surface area contributed by atoms with E-state index in [2.05, 4.69) is 5.16 Å². The molecule has 0 saturated heterocycles. The van der Waals surface area contributed by atoms with Gasteiger partial charge in [0, 0.05) is 24.2 Å². The summed E-state index contributed by atoms with van der Waals surface area (Å²) in [5, 5.41) is 3.96. The summed E-state index contributed by atoms with van der Waals surface area (Å²) >= 11 is 0. The highest BCUT2D eigenvalue weighted by Gasteiger charge is 2.36. The zero-order valence-electron chi connectivity index (χ0n) is 15.6. The molecular weight excluding hydrogens is 346 g/mol. The van der Waals surface area contributed by atoms with Crippen LogP contribution in [0.15, 0.2) is 22.7 Å². The molecule has 7 heteroatoms. The summed E-state index contributed by atoms with van der Waals surface area (Å²) in [6.45, 7) is 7.10. The first-order valence-corrected chi connectivity index (χ1v) is 9.10. The Kier molecular flexibility index (Phi) is 4.09. The Hall–Kier alpha value is -2.96. The van der Waals surface area contributed by atoms with Gasteiger partial charge in [-0.1, -0.05) is 19.0 Å². The van der Waals surface area contributed by atoms with Crippen molar-refractivity contribution in [2.75, 3.05) is 13.1 Å². The summed E-state index contributed by atoms with van der Waals surface area (Å²) in [5.41, 5.74) is 3.01. The number of rotatable bonds is 3. The van der Waals surface area contributed by atoms with Gasteiger partial charge in [0.05, 0.1) is 23.4 Å². The molecule has 140 valence electrons. The van der Waals surface area contributed by atoms with Crippen molar-refractivity contribution in [1.82, 2.24) is 15.0 Å². The summed E-state index contributed by atoms with van der Waals surface area (Å²) in [6.07, 6.45) is 0.695. The largest absolute Gasteiger partial charge is 0.359 e. The molecule has 3 heterocycles. The SMILES string of the molecule is Cc1noc2c1CCN(C(=O)c1ccc3c(c1)C(=O)N(CC(C)C)C3=O)C2. The lowest BCUT2D eigenvalue weighted by molar-refractivity contribution is 0.0635. The molecule has 0 fully saturated rings. The average molecular weight is 367 g/mol. The Bertz CT molecular complexity index is 960. The van der Waals surface area contributed by atoms with Crippen molar-refractivity contribution in [2.45, 2.75) is 33.7 Å². The minimum absolute atomic E-state index is 0.180. The Labute approximate surface area is 156 Å². The molecule has 1 aromatic heterocycles. The van der Waals surface area contributed by atoms with Crippen LogP contribution in [0.1, 0.15) is 61.9 Å². The molecule has 0 bridgehead atoms. The maximum atomic E-state index is 12.9.